The van der Waals surface area contributed by atoms with Gasteiger partial charge in [0, 0.05) is 26.7 Å². The van der Waals surface area contributed by atoms with Crippen molar-refractivity contribution in [3.05, 3.63) is 65.2 Å². The van der Waals surface area contributed by atoms with Gasteiger partial charge in [-0.05, 0) is 30.5 Å². The van der Waals surface area contributed by atoms with E-state index in [4.69, 9.17) is 5.11 Å². The molecule has 0 unspecified atom stereocenters. The van der Waals surface area contributed by atoms with Gasteiger partial charge in [-0.2, -0.15) is 4.31 Å². The van der Waals surface area contributed by atoms with Crippen molar-refractivity contribution < 1.29 is 13.5 Å². The van der Waals surface area contributed by atoms with E-state index in [1.807, 2.05) is 6.07 Å². The average Bonchev–Trinajstić information content (AvgIpc) is 2.76. The Morgan fingerprint density at radius 2 is 1.81 bits per heavy atom. The zero-order valence-electron chi connectivity index (χ0n) is 18.6. The third-order valence-electron chi connectivity index (χ3n) is 4.89. The summed E-state index contributed by atoms with van der Waals surface area (Å²) >= 11 is 0. The van der Waals surface area contributed by atoms with E-state index in [1.54, 1.807) is 18.2 Å². The molecule has 0 saturated heterocycles. The van der Waals surface area contributed by atoms with Crippen molar-refractivity contribution >= 4 is 16.0 Å². The smallest absolute Gasteiger partial charge is 0.243 e. The molecule has 7 nitrogen and oxygen atoms in total. The summed E-state index contributed by atoms with van der Waals surface area (Å²) in [6, 6.07) is 15.1. The van der Waals surface area contributed by atoms with Gasteiger partial charge in [0.1, 0.15) is 0 Å². The van der Waals surface area contributed by atoms with Gasteiger partial charge in [0.05, 0.1) is 18.0 Å². The van der Waals surface area contributed by atoms with Gasteiger partial charge in [0.2, 0.25) is 10.0 Å². The number of nitrogens with one attached hydrogen (secondary N) is 2. The Bertz CT molecular complexity index is 944. The fourth-order valence-electron chi connectivity index (χ4n) is 2.93. The molecular weight excluding hydrogens is 412 g/mol. The molecule has 2 aromatic rings. The second-order valence-corrected chi connectivity index (χ2v) is 9.46. The molecule has 2 aromatic carbocycles. The molecule has 0 fully saturated rings. The first-order valence-corrected chi connectivity index (χ1v) is 12.0. The SMILES string of the molecule is CCCCNC(=NCc1ccc(C)cc1)NCc1ccccc1S(=O)(=O)N(C)CCO. The summed E-state index contributed by atoms with van der Waals surface area (Å²) in [5.74, 6) is 0.643. The van der Waals surface area contributed by atoms with E-state index in [0.717, 1.165) is 29.3 Å². The van der Waals surface area contributed by atoms with Gasteiger partial charge in [0.15, 0.2) is 5.96 Å². The summed E-state index contributed by atoms with van der Waals surface area (Å²) in [5, 5.41) is 15.7. The Balaban J connectivity index is 2.17. The van der Waals surface area contributed by atoms with Crippen LogP contribution in [0.4, 0.5) is 0 Å². The Hall–Kier alpha value is -2.42. The maximum Gasteiger partial charge on any atom is 0.243 e. The largest absolute Gasteiger partial charge is 0.395 e. The summed E-state index contributed by atoms with van der Waals surface area (Å²) in [6.07, 6.45) is 2.08. The Kier molecular flexibility index (Phi) is 9.97. The zero-order valence-corrected chi connectivity index (χ0v) is 19.5. The van der Waals surface area contributed by atoms with E-state index in [-0.39, 0.29) is 18.0 Å². The fourth-order valence-corrected chi connectivity index (χ4v) is 4.31. The molecule has 0 radical (unpaired) electrons. The van der Waals surface area contributed by atoms with E-state index in [2.05, 4.69) is 53.7 Å². The van der Waals surface area contributed by atoms with E-state index in [1.165, 1.54) is 12.6 Å². The number of hydrogen-bond donors (Lipinski definition) is 3. The number of aliphatic hydroxyl groups excluding tert-OH is 1. The molecule has 0 atom stereocenters. The topological polar surface area (TPSA) is 94.0 Å². The zero-order chi connectivity index (χ0) is 22.7. The standard InChI is InChI=1S/C23H34N4O3S/c1-4-5-14-24-23(25-17-20-12-10-19(2)11-13-20)26-18-21-8-6-7-9-22(21)31(29,30)27(3)15-16-28/h6-13,28H,4-5,14-18H2,1-3H3,(H2,24,25,26). The first-order valence-electron chi connectivity index (χ1n) is 10.6. The van der Waals surface area contributed by atoms with Gasteiger partial charge in [0.25, 0.3) is 0 Å². The highest BCUT2D eigenvalue weighted by Gasteiger charge is 2.23. The number of guanidine groups is 1. The second kappa shape index (κ2) is 12.4. The number of likely N-dealkylation sites (N-methyl/N-ethyl adjacent to an activating group) is 1. The predicted molar refractivity (Wildman–Crippen MR) is 125 cm³/mol. The van der Waals surface area contributed by atoms with Gasteiger partial charge in [-0.25, -0.2) is 13.4 Å². The molecule has 8 heteroatoms. The molecule has 0 saturated carbocycles. The van der Waals surface area contributed by atoms with Crippen LogP contribution in [0.2, 0.25) is 0 Å². The van der Waals surface area contributed by atoms with Crippen LogP contribution in [0, 0.1) is 6.92 Å². The molecule has 0 aliphatic heterocycles. The number of hydrogen-bond acceptors (Lipinski definition) is 4. The maximum absolute atomic E-state index is 12.9. The van der Waals surface area contributed by atoms with Crippen LogP contribution in [0.3, 0.4) is 0 Å². The molecule has 0 amide bonds. The molecule has 0 bridgehead atoms. The van der Waals surface area contributed by atoms with Crippen LogP contribution in [0.15, 0.2) is 58.4 Å². The van der Waals surface area contributed by atoms with E-state index in [9.17, 15) is 8.42 Å². The molecule has 0 heterocycles. The lowest BCUT2D eigenvalue weighted by Crippen LogP contribution is -2.38. The first kappa shape index (κ1) is 24.8. The highest BCUT2D eigenvalue weighted by Crippen LogP contribution is 2.19. The summed E-state index contributed by atoms with van der Waals surface area (Å²) in [4.78, 5) is 4.90. The molecule has 170 valence electrons. The Morgan fingerprint density at radius 1 is 1.10 bits per heavy atom. The number of aryl methyl sites for hydroxylation is 1. The number of rotatable bonds is 11. The van der Waals surface area contributed by atoms with Gasteiger partial charge in [-0.1, -0.05) is 61.4 Å². The normalized spacial score (nSPS) is 12.2. The maximum atomic E-state index is 12.9. The summed E-state index contributed by atoms with van der Waals surface area (Å²) in [6.45, 7) is 5.63. The number of aliphatic hydroxyl groups is 1. The fraction of sp³-hybridized carbons (Fsp3) is 0.435. The van der Waals surface area contributed by atoms with E-state index in [0.29, 0.717) is 24.6 Å². The third-order valence-corrected chi connectivity index (χ3v) is 6.84. The van der Waals surface area contributed by atoms with Crippen molar-refractivity contribution in [1.29, 1.82) is 0 Å². The number of sulfonamides is 1. The van der Waals surface area contributed by atoms with Crippen molar-refractivity contribution in [2.24, 2.45) is 4.99 Å². The van der Waals surface area contributed by atoms with Crippen molar-refractivity contribution in [2.45, 2.75) is 44.7 Å². The highest BCUT2D eigenvalue weighted by atomic mass is 32.2. The minimum atomic E-state index is -3.69. The van der Waals surface area contributed by atoms with E-state index < -0.39 is 10.0 Å². The summed E-state index contributed by atoms with van der Waals surface area (Å²) in [7, 11) is -2.22. The van der Waals surface area contributed by atoms with Crippen molar-refractivity contribution in [2.75, 3.05) is 26.7 Å². The molecule has 0 spiro atoms. The second-order valence-electron chi connectivity index (χ2n) is 7.44. The molecule has 0 aliphatic carbocycles. The van der Waals surface area contributed by atoms with Gasteiger partial charge in [-0.15, -0.1) is 0 Å². The average molecular weight is 447 g/mol. The van der Waals surface area contributed by atoms with Crippen LogP contribution in [0.5, 0.6) is 0 Å². The number of unbranched alkanes of at least 4 members (excludes halogenated alkanes) is 1. The molecule has 0 aliphatic rings. The molecule has 0 aromatic heterocycles. The van der Waals surface area contributed by atoms with Crippen molar-refractivity contribution in [3.63, 3.8) is 0 Å². The number of nitrogens with zero attached hydrogens (tertiary/aromatic N) is 2. The Labute approximate surface area is 186 Å². The summed E-state index contributed by atoms with van der Waals surface area (Å²) in [5.41, 5.74) is 2.96. The molecular formula is C23H34N4O3S. The quantitative estimate of drug-likeness (QED) is 0.280. The minimum Gasteiger partial charge on any atom is -0.395 e. The molecule has 2 rings (SSSR count). The van der Waals surface area contributed by atoms with Crippen molar-refractivity contribution in [3.8, 4) is 0 Å². The lowest BCUT2D eigenvalue weighted by molar-refractivity contribution is 0.266. The van der Waals surface area contributed by atoms with Crippen LogP contribution in [-0.2, 0) is 23.1 Å². The monoisotopic (exact) mass is 446 g/mol. The predicted octanol–water partition coefficient (Wildman–Crippen LogP) is 2.64. The van der Waals surface area contributed by atoms with Gasteiger partial charge >= 0.3 is 0 Å². The van der Waals surface area contributed by atoms with Crippen LogP contribution >= 0.6 is 0 Å². The van der Waals surface area contributed by atoms with Gasteiger partial charge < -0.3 is 15.7 Å². The Morgan fingerprint density at radius 3 is 2.48 bits per heavy atom. The first-order chi connectivity index (χ1) is 14.9. The van der Waals surface area contributed by atoms with Crippen molar-refractivity contribution in [1.82, 2.24) is 14.9 Å². The van der Waals surface area contributed by atoms with E-state index >= 15 is 0 Å². The summed E-state index contributed by atoms with van der Waals surface area (Å²) < 4.78 is 26.9. The third kappa shape index (κ3) is 7.65. The van der Waals surface area contributed by atoms with Crippen LogP contribution in [0.1, 0.15) is 36.5 Å². The highest BCUT2D eigenvalue weighted by molar-refractivity contribution is 7.89. The molecule has 3 N–H and O–H groups in total. The number of aliphatic imine (C=N–C) groups is 1. The van der Waals surface area contributed by atoms with Gasteiger partial charge in [-0.3, -0.25) is 0 Å². The van der Waals surface area contributed by atoms with Crippen LogP contribution in [0.25, 0.3) is 0 Å². The number of benzene rings is 2. The lowest BCUT2D eigenvalue weighted by Gasteiger charge is -2.19. The molecule has 31 heavy (non-hydrogen) atoms. The van der Waals surface area contributed by atoms with Crippen LogP contribution in [-0.4, -0.2) is 50.5 Å². The lowest BCUT2D eigenvalue weighted by atomic mass is 10.1. The minimum absolute atomic E-state index is 0.0475. The van der Waals surface area contributed by atoms with Crippen LogP contribution < -0.4 is 10.6 Å².